The van der Waals surface area contributed by atoms with Crippen LogP contribution in [0.25, 0.3) is 0 Å². The molecule has 0 saturated carbocycles. The molecule has 1 aliphatic rings. The van der Waals surface area contributed by atoms with Crippen LogP contribution in [0.4, 0.5) is 0 Å². The van der Waals surface area contributed by atoms with Gasteiger partial charge in [0.2, 0.25) is 0 Å². The Morgan fingerprint density at radius 3 is 1.80 bits per heavy atom. The number of ether oxygens (including phenoxy) is 6. The maximum Gasteiger partial charge on any atom is 0.303 e. The Kier molecular flexibility index (Phi) is 21.5. The predicted octanol–water partition coefficient (Wildman–Crippen LogP) is 7.01. The van der Waals surface area contributed by atoms with Crippen LogP contribution in [0.5, 0.6) is 0 Å². The normalized spacial score (nSPS) is 23.6. The van der Waals surface area contributed by atoms with E-state index in [-0.39, 0.29) is 49.2 Å². The summed E-state index contributed by atoms with van der Waals surface area (Å²) in [5.41, 5.74) is 0. The minimum Gasteiger partial charge on any atom is -0.463 e. The van der Waals surface area contributed by atoms with Crippen molar-refractivity contribution in [3.63, 3.8) is 0 Å². The molecule has 1 rings (SSSR count). The van der Waals surface area contributed by atoms with E-state index in [0.717, 1.165) is 6.42 Å². The highest BCUT2D eigenvalue weighted by Gasteiger charge is 2.44. The summed E-state index contributed by atoms with van der Waals surface area (Å²) in [6.07, 6.45) is 16.7. The molecule has 0 aromatic rings. The van der Waals surface area contributed by atoms with Crippen molar-refractivity contribution in [3.8, 4) is 0 Å². The largest absolute Gasteiger partial charge is 0.463 e. The highest BCUT2D eigenvalue weighted by Crippen LogP contribution is 2.33. The van der Waals surface area contributed by atoms with E-state index in [1.54, 1.807) is 7.11 Å². The highest BCUT2D eigenvalue weighted by atomic mass is 16.7. The van der Waals surface area contributed by atoms with E-state index < -0.39 is 12.4 Å². The first-order valence-corrected chi connectivity index (χ1v) is 16.0. The van der Waals surface area contributed by atoms with E-state index in [1.165, 1.54) is 97.3 Å². The van der Waals surface area contributed by atoms with Crippen molar-refractivity contribution in [1.29, 1.82) is 0 Å². The minimum atomic E-state index is -0.779. The summed E-state index contributed by atoms with van der Waals surface area (Å²) in [4.78, 5) is 23.0. The summed E-state index contributed by atoms with van der Waals surface area (Å²) >= 11 is 0. The molecule has 0 aromatic heterocycles. The molecule has 0 aliphatic carbocycles. The first-order chi connectivity index (χ1) is 19.3. The monoisotopic (exact) mass is 572 g/mol. The number of rotatable bonds is 24. The van der Waals surface area contributed by atoms with Crippen molar-refractivity contribution >= 4 is 11.9 Å². The molecular weight excluding hydrogens is 512 g/mol. The molecule has 6 atom stereocenters. The lowest BCUT2D eigenvalue weighted by Crippen LogP contribution is -2.53. The maximum absolute atomic E-state index is 11.7. The Hall–Kier alpha value is -1.22. The van der Waals surface area contributed by atoms with E-state index >= 15 is 0 Å². The van der Waals surface area contributed by atoms with Crippen molar-refractivity contribution in [3.05, 3.63) is 0 Å². The van der Waals surface area contributed by atoms with Crippen molar-refractivity contribution in [2.45, 2.75) is 149 Å². The summed E-state index contributed by atoms with van der Waals surface area (Å²) in [7, 11) is 1.63. The molecule has 40 heavy (non-hydrogen) atoms. The lowest BCUT2D eigenvalue weighted by molar-refractivity contribution is -0.285. The van der Waals surface area contributed by atoms with Crippen molar-refractivity contribution < 1.29 is 38.0 Å². The molecule has 236 valence electrons. The molecule has 1 saturated heterocycles. The molecular formula is C32H60O8. The molecule has 1 aliphatic heterocycles. The van der Waals surface area contributed by atoms with Crippen molar-refractivity contribution in [2.75, 3.05) is 33.5 Å². The van der Waals surface area contributed by atoms with Gasteiger partial charge >= 0.3 is 11.9 Å². The quantitative estimate of drug-likeness (QED) is 0.0901. The Morgan fingerprint density at radius 1 is 0.750 bits per heavy atom. The van der Waals surface area contributed by atoms with Crippen LogP contribution in [0.15, 0.2) is 0 Å². The molecule has 3 unspecified atom stereocenters. The lowest BCUT2D eigenvalue weighted by Gasteiger charge is -2.43. The number of carbonyl (C=O) groups excluding carboxylic acids is 2. The minimum absolute atomic E-state index is 0.00945. The molecule has 0 bridgehead atoms. The summed E-state index contributed by atoms with van der Waals surface area (Å²) < 4.78 is 34.3. The third kappa shape index (κ3) is 16.9. The summed E-state index contributed by atoms with van der Waals surface area (Å²) in [6.45, 7) is 10.5. The molecule has 0 aromatic carbocycles. The second-order valence-corrected chi connectivity index (χ2v) is 11.5. The molecule has 8 heteroatoms. The van der Waals surface area contributed by atoms with Gasteiger partial charge in [-0.3, -0.25) is 9.59 Å². The van der Waals surface area contributed by atoms with Crippen LogP contribution in [0.2, 0.25) is 0 Å². The third-order valence-electron chi connectivity index (χ3n) is 7.99. The van der Waals surface area contributed by atoms with Crippen LogP contribution in [0.3, 0.4) is 0 Å². The van der Waals surface area contributed by atoms with E-state index in [4.69, 9.17) is 28.4 Å². The van der Waals surface area contributed by atoms with Gasteiger partial charge in [-0.25, -0.2) is 0 Å². The summed E-state index contributed by atoms with van der Waals surface area (Å²) in [6, 6.07) is 0. The fraction of sp³-hybridized carbons (Fsp3) is 0.938. The average Bonchev–Trinajstić information content (AvgIpc) is 2.92. The average molecular weight is 573 g/mol. The van der Waals surface area contributed by atoms with Gasteiger partial charge in [-0.15, -0.1) is 0 Å². The van der Waals surface area contributed by atoms with Crippen LogP contribution in [0.1, 0.15) is 125 Å². The van der Waals surface area contributed by atoms with Gasteiger partial charge in [-0.05, 0) is 12.3 Å². The molecule has 0 spiro atoms. The molecule has 0 N–H and O–H groups in total. The predicted molar refractivity (Wildman–Crippen MR) is 157 cm³/mol. The molecule has 0 amide bonds. The second-order valence-electron chi connectivity index (χ2n) is 11.5. The standard InChI is InChI=1S/C32H60O8/c1-7-8-9-10-11-12-13-14-15-16-17-18-19-20-21-36-22-29(35-6)23-38-32-31(39-28(5)34)26(3)25(2)30(40-32)24-37-27(4)33/h25-26,29-32H,7-24H2,1-6H3/t25-,26?,29?,30?,31-,32+/m0/s1. The Bertz CT molecular complexity index is 640. The number of hydrogen-bond donors (Lipinski definition) is 0. The second kappa shape index (κ2) is 23.4. The number of esters is 2. The van der Waals surface area contributed by atoms with E-state index in [1.807, 2.05) is 13.8 Å². The molecule has 1 heterocycles. The smallest absolute Gasteiger partial charge is 0.303 e. The molecule has 0 radical (unpaired) electrons. The van der Waals surface area contributed by atoms with Gasteiger partial charge in [0.25, 0.3) is 0 Å². The van der Waals surface area contributed by atoms with Crippen LogP contribution < -0.4 is 0 Å². The van der Waals surface area contributed by atoms with Gasteiger partial charge in [0.15, 0.2) is 12.4 Å². The first kappa shape index (κ1) is 36.8. The zero-order chi connectivity index (χ0) is 29.6. The van der Waals surface area contributed by atoms with Gasteiger partial charge in [-0.2, -0.15) is 0 Å². The van der Waals surface area contributed by atoms with Gasteiger partial charge < -0.3 is 28.4 Å². The van der Waals surface area contributed by atoms with Crippen LogP contribution >= 0.6 is 0 Å². The molecule has 8 nitrogen and oxygen atoms in total. The number of hydrogen-bond acceptors (Lipinski definition) is 8. The third-order valence-corrected chi connectivity index (χ3v) is 7.99. The zero-order valence-electron chi connectivity index (χ0n) is 26.5. The number of unbranched alkanes of at least 4 members (excludes halogenated alkanes) is 13. The highest BCUT2D eigenvalue weighted by molar-refractivity contribution is 5.66. The van der Waals surface area contributed by atoms with Crippen LogP contribution in [-0.4, -0.2) is 70.1 Å². The Labute approximate surface area is 244 Å². The van der Waals surface area contributed by atoms with Gasteiger partial charge in [0.1, 0.15) is 12.7 Å². The fourth-order valence-corrected chi connectivity index (χ4v) is 5.14. The maximum atomic E-state index is 11.7. The van der Waals surface area contributed by atoms with E-state index in [2.05, 4.69) is 6.92 Å². The SMILES string of the molecule is CCCCCCCCCCCCCCCCOCC(CO[C@@H]1OC(COC(C)=O)[C@@H](C)C(C)[C@@H]1OC(C)=O)OC. The van der Waals surface area contributed by atoms with Crippen molar-refractivity contribution in [1.82, 2.24) is 0 Å². The first-order valence-electron chi connectivity index (χ1n) is 16.0. The summed E-state index contributed by atoms with van der Waals surface area (Å²) in [5.74, 6) is -0.783. The van der Waals surface area contributed by atoms with Gasteiger partial charge in [-0.1, -0.05) is 104 Å². The van der Waals surface area contributed by atoms with E-state index in [0.29, 0.717) is 13.2 Å². The Morgan fingerprint density at radius 2 is 1.30 bits per heavy atom. The molecule has 1 fully saturated rings. The summed E-state index contributed by atoms with van der Waals surface area (Å²) in [5, 5.41) is 0. The Balaban J connectivity index is 2.21. The fourth-order valence-electron chi connectivity index (χ4n) is 5.14. The van der Waals surface area contributed by atoms with Crippen LogP contribution in [-0.2, 0) is 38.0 Å². The number of carbonyl (C=O) groups is 2. The number of methoxy groups -OCH3 is 1. The van der Waals surface area contributed by atoms with Crippen LogP contribution in [0, 0.1) is 11.8 Å². The zero-order valence-corrected chi connectivity index (χ0v) is 26.5. The van der Waals surface area contributed by atoms with Gasteiger partial charge in [0, 0.05) is 33.5 Å². The van der Waals surface area contributed by atoms with Crippen molar-refractivity contribution in [2.24, 2.45) is 11.8 Å². The lowest BCUT2D eigenvalue weighted by atomic mass is 9.83. The topological polar surface area (TPSA) is 89.5 Å². The van der Waals surface area contributed by atoms with Gasteiger partial charge in [0.05, 0.1) is 19.3 Å². The van der Waals surface area contributed by atoms with E-state index in [9.17, 15) is 9.59 Å².